The van der Waals surface area contributed by atoms with Gasteiger partial charge in [-0.25, -0.2) is 9.24 Å². The third-order valence-corrected chi connectivity index (χ3v) is 5.53. The van der Waals surface area contributed by atoms with E-state index in [2.05, 4.69) is 4.85 Å². The Labute approximate surface area is 187 Å². The van der Waals surface area contributed by atoms with Gasteiger partial charge >= 0.3 is 6.18 Å². The van der Waals surface area contributed by atoms with Crippen LogP contribution in [0.1, 0.15) is 43.1 Å². The number of ketones is 1. The molecule has 1 amide bonds. The Morgan fingerprint density at radius 1 is 1.16 bits per heavy atom. The van der Waals surface area contributed by atoms with Crippen LogP contribution in [0.3, 0.4) is 0 Å². The molecule has 1 aliphatic rings. The average molecular weight is 463 g/mol. The summed E-state index contributed by atoms with van der Waals surface area (Å²) in [5.41, 5.74) is -3.23. The zero-order valence-electron chi connectivity index (χ0n) is 17.2. The molecule has 166 valence electrons. The van der Waals surface area contributed by atoms with Gasteiger partial charge in [0.25, 0.3) is 5.91 Å². The van der Waals surface area contributed by atoms with Gasteiger partial charge < -0.3 is 4.90 Å². The molecular formula is C22H17F4N3O2S. The number of nitrogens with zero attached hydrogens (tertiary/aromatic N) is 3. The third kappa shape index (κ3) is 3.73. The van der Waals surface area contributed by atoms with Crippen LogP contribution in [0.25, 0.3) is 4.85 Å². The van der Waals surface area contributed by atoms with Gasteiger partial charge in [0.2, 0.25) is 0 Å². The van der Waals surface area contributed by atoms with Crippen LogP contribution in [0, 0.1) is 12.4 Å². The minimum absolute atomic E-state index is 0.105. The highest BCUT2D eigenvalue weighted by Crippen LogP contribution is 2.42. The Kier molecular flexibility index (Phi) is 5.82. The molecule has 1 fully saturated rings. The zero-order chi connectivity index (χ0) is 24.0. The van der Waals surface area contributed by atoms with Gasteiger partial charge in [0.15, 0.2) is 16.6 Å². The molecule has 0 unspecified atom stereocenters. The topological polar surface area (TPSA) is 45.0 Å². The minimum atomic E-state index is -4.81. The van der Waals surface area contributed by atoms with Gasteiger partial charge in [-0.3, -0.25) is 14.5 Å². The van der Waals surface area contributed by atoms with Crippen molar-refractivity contribution in [1.82, 2.24) is 0 Å². The average Bonchev–Trinajstić information content (AvgIpc) is 2.90. The standard InChI is InChI=1S/C22H17F4N3O2S/c1-5-18(30)14-8-6-13(11-16(14)23)29-20(32)28(19(31)21(29,2)3)12-7-9-17(27-4)15(10-12)22(24,25)26/h6-11H,5H2,1-3H3. The Morgan fingerprint density at radius 3 is 2.31 bits per heavy atom. The maximum Gasteiger partial charge on any atom is 0.407 e. The van der Waals surface area contributed by atoms with Crippen LogP contribution in [-0.4, -0.2) is 22.3 Å². The summed E-state index contributed by atoms with van der Waals surface area (Å²) in [6.07, 6.45) is -4.70. The number of Topliss-reactive ketones (excluding diaryl/α,β-unsaturated/α-hetero) is 1. The number of anilines is 2. The first-order valence-electron chi connectivity index (χ1n) is 9.44. The Bertz CT molecular complexity index is 1180. The number of hydrogen-bond donors (Lipinski definition) is 0. The molecule has 0 N–H and O–H groups in total. The Hall–Kier alpha value is -3.32. The van der Waals surface area contributed by atoms with E-state index < -0.39 is 40.5 Å². The molecule has 32 heavy (non-hydrogen) atoms. The summed E-state index contributed by atoms with van der Waals surface area (Å²) in [6, 6.07) is 6.66. The van der Waals surface area contributed by atoms with Gasteiger partial charge in [0, 0.05) is 17.8 Å². The number of carbonyl (C=O) groups excluding carboxylic acids is 2. The molecule has 0 atom stereocenters. The van der Waals surface area contributed by atoms with E-state index in [4.69, 9.17) is 18.8 Å². The van der Waals surface area contributed by atoms with Crippen molar-refractivity contribution >= 4 is 46.1 Å². The molecule has 0 saturated carbocycles. The normalized spacial score (nSPS) is 15.8. The number of hydrogen-bond acceptors (Lipinski definition) is 3. The van der Waals surface area contributed by atoms with E-state index in [9.17, 15) is 27.2 Å². The highest BCUT2D eigenvalue weighted by molar-refractivity contribution is 7.81. The van der Waals surface area contributed by atoms with Crippen molar-refractivity contribution in [2.45, 2.75) is 38.9 Å². The number of alkyl halides is 3. The fraction of sp³-hybridized carbons (Fsp3) is 0.273. The van der Waals surface area contributed by atoms with Crippen LogP contribution in [0.15, 0.2) is 36.4 Å². The quantitative estimate of drug-likeness (QED) is 0.245. The minimum Gasteiger partial charge on any atom is -0.303 e. The van der Waals surface area contributed by atoms with Crippen molar-refractivity contribution < 1.29 is 27.2 Å². The van der Waals surface area contributed by atoms with Crippen LogP contribution >= 0.6 is 12.2 Å². The number of benzene rings is 2. The lowest BCUT2D eigenvalue weighted by Crippen LogP contribution is -2.44. The highest BCUT2D eigenvalue weighted by Gasteiger charge is 2.50. The van der Waals surface area contributed by atoms with Crippen molar-refractivity contribution in [3.05, 3.63) is 64.8 Å². The summed E-state index contributed by atoms with van der Waals surface area (Å²) >= 11 is 5.40. The first-order valence-corrected chi connectivity index (χ1v) is 9.85. The molecule has 0 bridgehead atoms. The molecule has 1 aliphatic heterocycles. The first-order chi connectivity index (χ1) is 14.8. The first kappa shape index (κ1) is 23.3. The predicted molar refractivity (Wildman–Crippen MR) is 115 cm³/mol. The summed E-state index contributed by atoms with van der Waals surface area (Å²) < 4.78 is 54.8. The number of carbonyl (C=O) groups is 2. The molecule has 2 aromatic carbocycles. The second-order valence-corrected chi connectivity index (χ2v) is 7.93. The largest absolute Gasteiger partial charge is 0.407 e. The van der Waals surface area contributed by atoms with E-state index in [1.165, 1.54) is 36.9 Å². The highest BCUT2D eigenvalue weighted by atomic mass is 32.1. The van der Waals surface area contributed by atoms with Gasteiger partial charge in [-0.2, -0.15) is 13.2 Å². The maximum absolute atomic E-state index is 14.6. The maximum atomic E-state index is 14.6. The molecule has 1 heterocycles. The lowest BCUT2D eigenvalue weighted by molar-refractivity contribution is -0.136. The summed E-state index contributed by atoms with van der Waals surface area (Å²) in [5.74, 6) is -1.81. The van der Waals surface area contributed by atoms with E-state index in [0.717, 1.165) is 17.0 Å². The lowest BCUT2D eigenvalue weighted by atomic mass is 10.0. The van der Waals surface area contributed by atoms with Crippen molar-refractivity contribution in [3.8, 4) is 0 Å². The van der Waals surface area contributed by atoms with E-state index in [1.54, 1.807) is 6.92 Å². The van der Waals surface area contributed by atoms with E-state index in [0.29, 0.717) is 6.07 Å². The monoisotopic (exact) mass is 463 g/mol. The van der Waals surface area contributed by atoms with Crippen LogP contribution in [-0.2, 0) is 11.0 Å². The summed E-state index contributed by atoms with van der Waals surface area (Å²) in [6.45, 7) is 11.6. The molecule has 0 spiro atoms. The molecule has 1 saturated heterocycles. The molecule has 3 rings (SSSR count). The van der Waals surface area contributed by atoms with Crippen molar-refractivity contribution in [2.75, 3.05) is 9.80 Å². The van der Waals surface area contributed by atoms with Gasteiger partial charge in [-0.15, -0.1) is 0 Å². The van der Waals surface area contributed by atoms with Gasteiger partial charge in [-0.1, -0.05) is 13.0 Å². The Balaban J connectivity index is 2.10. The summed E-state index contributed by atoms with van der Waals surface area (Å²) in [7, 11) is 0. The third-order valence-electron chi connectivity index (χ3n) is 5.16. The lowest BCUT2D eigenvalue weighted by Gasteiger charge is -2.29. The second-order valence-electron chi connectivity index (χ2n) is 7.57. The molecule has 10 heteroatoms. The molecule has 0 aromatic heterocycles. The number of rotatable bonds is 4. The van der Waals surface area contributed by atoms with E-state index in [-0.39, 0.29) is 28.5 Å². The SMILES string of the molecule is [C-]#[N+]c1ccc(N2C(=O)C(C)(C)N(c3ccc(C(=O)CC)c(F)c3)C2=S)cc1C(F)(F)F. The van der Waals surface area contributed by atoms with Crippen molar-refractivity contribution in [1.29, 1.82) is 0 Å². The van der Waals surface area contributed by atoms with Crippen molar-refractivity contribution in [2.24, 2.45) is 0 Å². The summed E-state index contributed by atoms with van der Waals surface area (Å²) in [4.78, 5) is 30.2. The molecule has 2 aromatic rings. The molecule has 5 nitrogen and oxygen atoms in total. The van der Waals surface area contributed by atoms with Crippen LogP contribution in [0.5, 0.6) is 0 Å². The number of halogens is 4. The molecular weight excluding hydrogens is 446 g/mol. The van der Waals surface area contributed by atoms with Crippen LogP contribution in [0.4, 0.5) is 34.6 Å². The molecule has 0 radical (unpaired) electrons. The van der Waals surface area contributed by atoms with Gasteiger partial charge in [-0.05, 0) is 56.4 Å². The number of amides is 1. The fourth-order valence-corrected chi connectivity index (χ4v) is 4.03. The van der Waals surface area contributed by atoms with Gasteiger partial charge in [0.1, 0.15) is 11.4 Å². The van der Waals surface area contributed by atoms with Crippen molar-refractivity contribution in [3.63, 3.8) is 0 Å². The molecule has 0 aliphatic carbocycles. The zero-order valence-corrected chi connectivity index (χ0v) is 18.1. The van der Waals surface area contributed by atoms with E-state index >= 15 is 0 Å². The predicted octanol–water partition coefficient (Wildman–Crippen LogP) is 5.90. The smallest absolute Gasteiger partial charge is 0.303 e. The van der Waals surface area contributed by atoms with E-state index in [1.807, 2.05) is 0 Å². The van der Waals surface area contributed by atoms with Gasteiger partial charge in [0.05, 0.1) is 17.7 Å². The van der Waals surface area contributed by atoms with Crippen LogP contribution in [0.2, 0.25) is 0 Å². The number of thiocarbonyl (C=S) groups is 1. The van der Waals surface area contributed by atoms with Crippen LogP contribution < -0.4 is 9.80 Å². The fourth-order valence-electron chi connectivity index (χ4n) is 3.50. The summed E-state index contributed by atoms with van der Waals surface area (Å²) in [5, 5.41) is -0.155. The second kappa shape index (κ2) is 7.98. The Morgan fingerprint density at radius 2 is 1.78 bits per heavy atom.